The largest absolute Gasteiger partial charge is 0.497 e. The Bertz CT molecular complexity index is 994. The van der Waals surface area contributed by atoms with Crippen LogP contribution in [-0.2, 0) is 16.1 Å². The first-order chi connectivity index (χ1) is 15.5. The van der Waals surface area contributed by atoms with Crippen LogP contribution in [0.1, 0.15) is 24.0 Å². The summed E-state index contributed by atoms with van der Waals surface area (Å²) < 4.78 is 10.3. The first kappa shape index (κ1) is 21.8. The second-order valence-corrected chi connectivity index (χ2v) is 8.08. The Morgan fingerprint density at radius 3 is 2.22 bits per heavy atom. The van der Waals surface area contributed by atoms with Crippen molar-refractivity contribution in [1.29, 1.82) is 0 Å². The number of nitrogens with one attached hydrogen (secondary N) is 2. The van der Waals surface area contributed by atoms with E-state index in [1.807, 2.05) is 48.5 Å². The predicted octanol–water partition coefficient (Wildman–Crippen LogP) is 1.73. The van der Waals surface area contributed by atoms with Crippen LogP contribution in [-0.4, -0.2) is 61.9 Å². The summed E-state index contributed by atoms with van der Waals surface area (Å²) in [4.78, 5) is 31.8. The van der Waals surface area contributed by atoms with Crippen LogP contribution in [0.2, 0.25) is 0 Å². The van der Waals surface area contributed by atoms with Gasteiger partial charge in [0, 0.05) is 38.0 Å². The number of methoxy groups -OCH3 is 2. The lowest BCUT2D eigenvalue weighted by Crippen LogP contribution is -2.52. The van der Waals surface area contributed by atoms with Gasteiger partial charge >= 0.3 is 0 Å². The molecule has 2 aliphatic rings. The number of hydrogen-bond acceptors (Lipinski definition) is 6. The van der Waals surface area contributed by atoms with Gasteiger partial charge in [0.15, 0.2) is 0 Å². The molecule has 0 aromatic heterocycles. The van der Waals surface area contributed by atoms with E-state index < -0.39 is 5.66 Å². The Morgan fingerprint density at radius 1 is 1.03 bits per heavy atom. The minimum Gasteiger partial charge on any atom is -0.497 e. The predicted molar refractivity (Wildman–Crippen MR) is 121 cm³/mol. The summed E-state index contributed by atoms with van der Waals surface area (Å²) >= 11 is 0. The van der Waals surface area contributed by atoms with E-state index in [1.54, 1.807) is 14.2 Å². The van der Waals surface area contributed by atoms with Crippen molar-refractivity contribution in [3.63, 3.8) is 0 Å². The number of carbonyl (C=O) groups is 2. The molecule has 2 N–H and O–H groups in total. The molecule has 8 heteroatoms. The van der Waals surface area contributed by atoms with Gasteiger partial charge in [0.1, 0.15) is 22.9 Å². The zero-order chi connectivity index (χ0) is 22.6. The molecule has 4 rings (SSSR count). The van der Waals surface area contributed by atoms with Crippen LogP contribution in [0.5, 0.6) is 11.5 Å². The third-order valence-electron chi connectivity index (χ3n) is 5.95. The Balaban J connectivity index is 1.28. The number of benzene rings is 2. The van der Waals surface area contributed by atoms with E-state index in [0.717, 1.165) is 22.6 Å². The van der Waals surface area contributed by atoms with Crippen molar-refractivity contribution < 1.29 is 19.1 Å². The van der Waals surface area contributed by atoms with E-state index in [0.29, 0.717) is 44.7 Å². The molecule has 32 heavy (non-hydrogen) atoms. The minimum absolute atomic E-state index is 0.0188. The topological polar surface area (TPSA) is 92.3 Å². The van der Waals surface area contributed by atoms with Crippen molar-refractivity contribution in [2.75, 3.05) is 33.9 Å². The van der Waals surface area contributed by atoms with Gasteiger partial charge in [0.05, 0.1) is 20.8 Å². The first-order valence-electron chi connectivity index (χ1n) is 10.7. The number of ether oxygens (including phenoxy) is 2. The molecule has 2 aliphatic heterocycles. The summed E-state index contributed by atoms with van der Waals surface area (Å²) in [7, 11) is 3.23. The summed E-state index contributed by atoms with van der Waals surface area (Å²) in [6.45, 7) is 2.19. The van der Waals surface area contributed by atoms with Crippen molar-refractivity contribution in [2.45, 2.75) is 25.0 Å². The molecule has 0 saturated carbocycles. The molecule has 8 nitrogen and oxygen atoms in total. The minimum atomic E-state index is -0.581. The summed E-state index contributed by atoms with van der Waals surface area (Å²) in [5.41, 5.74) is 1.67. The number of carbonyl (C=O) groups excluding carboxylic acids is 2. The van der Waals surface area contributed by atoms with Crippen molar-refractivity contribution in [3.8, 4) is 11.5 Å². The van der Waals surface area contributed by atoms with Gasteiger partial charge in [0.2, 0.25) is 5.91 Å². The van der Waals surface area contributed by atoms with Crippen molar-refractivity contribution in [2.24, 2.45) is 4.99 Å². The van der Waals surface area contributed by atoms with Gasteiger partial charge < -0.3 is 20.1 Å². The molecule has 0 aliphatic carbocycles. The number of piperidine rings is 1. The Kier molecular flexibility index (Phi) is 6.41. The molecule has 168 valence electrons. The fraction of sp³-hybridized carbons (Fsp3) is 0.375. The van der Waals surface area contributed by atoms with Gasteiger partial charge in [-0.05, 0) is 42.0 Å². The molecule has 1 fully saturated rings. The lowest BCUT2D eigenvalue weighted by atomic mass is 9.98. The molecule has 0 atom stereocenters. The lowest BCUT2D eigenvalue weighted by Gasteiger charge is -2.36. The Morgan fingerprint density at radius 2 is 1.62 bits per heavy atom. The highest BCUT2D eigenvalue weighted by Gasteiger charge is 2.42. The van der Waals surface area contributed by atoms with E-state index in [4.69, 9.17) is 14.5 Å². The number of nitrogens with zero attached hydrogens (tertiary/aromatic N) is 2. The maximum Gasteiger partial charge on any atom is 0.272 e. The van der Waals surface area contributed by atoms with Gasteiger partial charge in [-0.15, -0.1) is 0 Å². The van der Waals surface area contributed by atoms with Gasteiger partial charge in [0.25, 0.3) is 5.91 Å². The fourth-order valence-electron chi connectivity index (χ4n) is 4.03. The Labute approximate surface area is 187 Å². The fourth-order valence-corrected chi connectivity index (χ4v) is 4.03. The van der Waals surface area contributed by atoms with E-state index in [9.17, 15) is 9.59 Å². The standard InChI is InChI=1S/C24H28N4O4/c1-31-19-7-3-17(4-8-19)15-25-21(29)16-28-13-11-24(12-14-28)26-22(23(30)27-24)18-5-9-20(32-2)10-6-18/h3-10H,11-16H2,1-2H3,(H,25,29)(H,27,30). The van der Waals surface area contributed by atoms with Crippen molar-refractivity contribution in [3.05, 3.63) is 59.7 Å². The molecule has 2 aromatic carbocycles. The summed E-state index contributed by atoms with van der Waals surface area (Å²) in [6, 6.07) is 15.0. The summed E-state index contributed by atoms with van der Waals surface area (Å²) in [5.74, 6) is 1.36. The molecule has 0 radical (unpaired) electrons. The number of rotatable bonds is 7. The molecule has 2 amide bonds. The monoisotopic (exact) mass is 436 g/mol. The zero-order valence-electron chi connectivity index (χ0n) is 18.4. The van der Waals surface area contributed by atoms with Crippen LogP contribution in [0.4, 0.5) is 0 Å². The number of amides is 2. The van der Waals surface area contributed by atoms with Gasteiger partial charge in [-0.25, -0.2) is 0 Å². The second kappa shape index (κ2) is 9.40. The molecule has 0 bridgehead atoms. The molecular weight excluding hydrogens is 408 g/mol. The SMILES string of the molecule is COc1ccc(CNC(=O)CN2CCC3(CC2)N=C(c2ccc(OC)cc2)C(=O)N3)cc1. The third-order valence-corrected chi connectivity index (χ3v) is 5.95. The zero-order valence-corrected chi connectivity index (χ0v) is 18.4. The van der Waals surface area contributed by atoms with Gasteiger partial charge in [-0.2, -0.15) is 0 Å². The normalized spacial score (nSPS) is 17.6. The molecule has 2 aromatic rings. The van der Waals surface area contributed by atoms with E-state index in [2.05, 4.69) is 15.5 Å². The number of aliphatic imine (C=N–C) groups is 1. The van der Waals surface area contributed by atoms with Crippen LogP contribution in [0.3, 0.4) is 0 Å². The van der Waals surface area contributed by atoms with Crippen LogP contribution >= 0.6 is 0 Å². The summed E-state index contributed by atoms with van der Waals surface area (Å²) in [5, 5.41) is 6.03. The third kappa shape index (κ3) is 4.91. The van der Waals surface area contributed by atoms with Crippen LogP contribution in [0.15, 0.2) is 53.5 Å². The quantitative estimate of drug-likeness (QED) is 0.690. The average molecular weight is 437 g/mol. The lowest BCUT2D eigenvalue weighted by molar-refractivity contribution is -0.123. The molecule has 1 saturated heterocycles. The average Bonchev–Trinajstić information content (AvgIpc) is 3.15. The van der Waals surface area contributed by atoms with Crippen molar-refractivity contribution in [1.82, 2.24) is 15.5 Å². The summed E-state index contributed by atoms with van der Waals surface area (Å²) in [6.07, 6.45) is 1.34. The van der Waals surface area contributed by atoms with E-state index >= 15 is 0 Å². The van der Waals surface area contributed by atoms with Crippen LogP contribution in [0.25, 0.3) is 0 Å². The van der Waals surface area contributed by atoms with E-state index in [1.165, 1.54) is 0 Å². The van der Waals surface area contributed by atoms with Gasteiger partial charge in [-0.3, -0.25) is 19.5 Å². The maximum absolute atomic E-state index is 12.6. The second-order valence-electron chi connectivity index (χ2n) is 8.08. The van der Waals surface area contributed by atoms with Gasteiger partial charge in [-0.1, -0.05) is 12.1 Å². The van der Waals surface area contributed by atoms with E-state index in [-0.39, 0.29) is 11.8 Å². The smallest absolute Gasteiger partial charge is 0.272 e. The molecule has 2 heterocycles. The van der Waals surface area contributed by atoms with Crippen LogP contribution in [0, 0.1) is 0 Å². The molecule has 0 unspecified atom stereocenters. The van der Waals surface area contributed by atoms with Crippen molar-refractivity contribution >= 4 is 17.5 Å². The molecular formula is C24H28N4O4. The Hall–Kier alpha value is -3.39. The highest BCUT2D eigenvalue weighted by atomic mass is 16.5. The number of likely N-dealkylation sites (tertiary alicyclic amines) is 1. The molecule has 1 spiro atoms. The number of hydrogen-bond donors (Lipinski definition) is 2. The highest BCUT2D eigenvalue weighted by Crippen LogP contribution is 2.29. The van der Waals surface area contributed by atoms with Crippen LogP contribution < -0.4 is 20.1 Å². The maximum atomic E-state index is 12.6. The first-order valence-corrected chi connectivity index (χ1v) is 10.7. The highest BCUT2D eigenvalue weighted by molar-refractivity contribution is 6.46.